The van der Waals surface area contributed by atoms with Crippen molar-refractivity contribution in [3.63, 3.8) is 0 Å². The fourth-order valence-electron chi connectivity index (χ4n) is 2.06. The van der Waals surface area contributed by atoms with Crippen molar-refractivity contribution in [2.45, 2.75) is 6.92 Å². The molecule has 2 nitrogen and oxygen atoms in total. The van der Waals surface area contributed by atoms with Crippen molar-refractivity contribution in [2.75, 3.05) is 18.5 Å². The average molecular weight is 274 g/mol. The second kappa shape index (κ2) is 5.89. The lowest BCUT2D eigenvalue weighted by Crippen LogP contribution is -2.26. The standard InChI is InChI=1S/C16H16ClNO/c1-12-7-3-6-10-15(12)18(2)11-16(19)13-8-4-5-9-14(13)17/h3-10H,11H2,1-2H3. The van der Waals surface area contributed by atoms with Gasteiger partial charge in [-0.15, -0.1) is 0 Å². The Morgan fingerprint density at radius 3 is 2.42 bits per heavy atom. The van der Waals surface area contributed by atoms with Gasteiger partial charge in [0.25, 0.3) is 0 Å². The third-order valence-corrected chi connectivity index (χ3v) is 3.41. The first-order valence-electron chi connectivity index (χ1n) is 6.14. The largest absolute Gasteiger partial charge is 0.367 e. The molecule has 0 fully saturated rings. The molecular weight excluding hydrogens is 258 g/mol. The Bertz CT molecular complexity index is 595. The van der Waals surface area contributed by atoms with Crippen LogP contribution in [-0.2, 0) is 0 Å². The molecule has 0 N–H and O–H groups in total. The van der Waals surface area contributed by atoms with Gasteiger partial charge in [-0.25, -0.2) is 0 Å². The Balaban J connectivity index is 2.16. The minimum Gasteiger partial charge on any atom is -0.367 e. The second-order valence-electron chi connectivity index (χ2n) is 4.55. The van der Waals surface area contributed by atoms with Gasteiger partial charge < -0.3 is 4.90 Å². The van der Waals surface area contributed by atoms with E-state index in [0.717, 1.165) is 11.3 Å². The molecule has 0 aliphatic heterocycles. The van der Waals surface area contributed by atoms with E-state index in [2.05, 4.69) is 0 Å². The number of hydrogen-bond acceptors (Lipinski definition) is 2. The monoisotopic (exact) mass is 273 g/mol. The van der Waals surface area contributed by atoms with E-state index in [0.29, 0.717) is 17.1 Å². The molecule has 2 rings (SSSR count). The minimum atomic E-state index is 0.0244. The average Bonchev–Trinajstić information content (AvgIpc) is 2.39. The second-order valence-corrected chi connectivity index (χ2v) is 4.95. The van der Waals surface area contributed by atoms with E-state index >= 15 is 0 Å². The van der Waals surface area contributed by atoms with Crippen molar-refractivity contribution < 1.29 is 4.79 Å². The molecule has 0 aromatic heterocycles. The van der Waals surface area contributed by atoms with Crippen LogP contribution in [0, 0.1) is 6.92 Å². The summed E-state index contributed by atoms with van der Waals surface area (Å²) in [5.74, 6) is 0.0244. The van der Waals surface area contributed by atoms with Crippen molar-refractivity contribution in [3.8, 4) is 0 Å². The highest BCUT2D eigenvalue weighted by Crippen LogP contribution is 2.20. The topological polar surface area (TPSA) is 20.3 Å². The summed E-state index contributed by atoms with van der Waals surface area (Å²) in [6.45, 7) is 2.35. The maximum atomic E-state index is 12.2. The summed E-state index contributed by atoms with van der Waals surface area (Å²) >= 11 is 6.04. The molecule has 19 heavy (non-hydrogen) atoms. The first kappa shape index (κ1) is 13.6. The van der Waals surface area contributed by atoms with Gasteiger partial charge in [0, 0.05) is 18.3 Å². The maximum absolute atomic E-state index is 12.2. The lowest BCUT2D eigenvalue weighted by Gasteiger charge is -2.20. The molecule has 0 saturated carbocycles. The number of carbonyl (C=O) groups excluding carboxylic acids is 1. The summed E-state index contributed by atoms with van der Waals surface area (Å²) in [5.41, 5.74) is 2.78. The van der Waals surface area contributed by atoms with Crippen LogP contribution in [0.2, 0.25) is 5.02 Å². The molecule has 0 unspecified atom stereocenters. The van der Waals surface area contributed by atoms with E-state index in [-0.39, 0.29) is 5.78 Å². The maximum Gasteiger partial charge on any atom is 0.183 e. The lowest BCUT2D eigenvalue weighted by atomic mass is 10.1. The quantitative estimate of drug-likeness (QED) is 0.786. The number of nitrogens with zero attached hydrogens (tertiary/aromatic N) is 1. The van der Waals surface area contributed by atoms with Crippen LogP contribution in [0.1, 0.15) is 15.9 Å². The highest BCUT2D eigenvalue weighted by molar-refractivity contribution is 6.34. The van der Waals surface area contributed by atoms with Crippen LogP contribution in [0.4, 0.5) is 5.69 Å². The van der Waals surface area contributed by atoms with E-state index in [4.69, 9.17) is 11.6 Å². The molecule has 0 heterocycles. The molecule has 0 amide bonds. The molecule has 0 saturated heterocycles. The van der Waals surface area contributed by atoms with Gasteiger partial charge in [0.15, 0.2) is 5.78 Å². The summed E-state index contributed by atoms with van der Waals surface area (Å²) < 4.78 is 0. The molecule has 98 valence electrons. The van der Waals surface area contributed by atoms with Crippen LogP contribution in [0.25, 0.3) is 0 Å². The third kappa shape index (κ3) is 3.15. The van der Waals surface area contributed by atoms with Crippen LogP contribution >= 0.6 is 11.6 Å². The van der Waals surface area contributed by atoms with Crippen LogP contribution in [0.5, 0.6) is 0 Å². The Hall–Kier alpha value is -1.80. The van der Waals surface area contributed by atoms with Gasteiger partial charge in [-0.05, 0) is 30.7 Å². The van der Waals surface area contributed by atoms with Crippen molar-refractivity contribution in [2.24, 2.45) is 0 Å². The summed E-state index contributed by atoms with van der Waals surface area (Å²) in [6.07, 6.45) is 0. The van der Waals surface area contributed by atoms with Crippen LogP contribution < -0.4 is 4.90 Å². The molecule has 0 atom stereocenters. The fraction of sp³-hybridized carbons (Fsp3) is 0.188. The van der Waals surface area contributed by atoms with Crippen LogP contribution in [-0.4, -0.2) is 19.4 Å². The molecule has 2 aromatic carbocycles. The fourth-order valence-corrected chi connectivity index (χ4v) is 2.31. The van der Waals surface area contributed by atoms with E-state index in [1.165, 1.54) is 0 Å². The molecule has 0 aliphatic rings. The number of hydrogen-bond donors (Lipinski definition) is 0. The van der Waals surface area contributed by atoms with Crippen molar-refractivity contribution in [3.05, 3.63) is 64.7 Å². The zero-order valence-electron chi connectivity index (χ0n) is 11.1. The summed E-state index contributed by atoms with van der Waals surface area (Å²) in [6, 6.07) is 15.2. The SMILES string of the molecule is Cc1ccccc1N(C)CC(=O)c1ccccc1Cl. The molecule has 0 spiro atoms. The van der Waals surface area contributed by atoms with Gasteiger partial charge in [0.2, 0.25) is 0 Å². The van der Waals surface area contributed by atoms with E-state index in [9.17, 15) is 4.79 Å². The van der Waals surface area contributed by atoms with Gasteiger partial charge in [-0.2, -0.15) is 0 Å². The number of carbonyl (C=O) groups is 1. The number of para-hydroxylation sites is 1. The normalized spacial score (nSPS) is 10.3. The smallest absolute Gasteiger partial charge is 0.183 e. The molecule has 2 aromatic rings. The summed E-state index contributed by atoms with van der Waals surface area (Å²) in [7, 11) is 1.91. The highest BCUT2D eigenvalue weighted by Gasteiger charge is 2.13. The van der Waals surface area contributed by atoms with E-state index < -0.39 is 0 Å². The Morgan fingerprint density at radius 2 is 1.74 bits per heavy atom. The molecule has 3 heteroatoms. The predicted octanol–water partition coefficient (Wildman–Crippen LogP) is 3.97. The first-order chi connectivity index (χ1) is 9.09. The first-order valence-corrected chi connectivity index (χ1v) is 6.52. The Labute approximate surface area is 118 Å². The van der Waals surface area contributed by atoms with E-state index in [1.807, 2.05) is 55.3 Å². The zero-order valence-corrected chi connectivity index (χ0v) is 11.8. The number of ketones is 1. The van der Waals surface area contributed by atoms with Crippen LogP contribution in [0.15, 0.2) is 48.5 Å². The Kier molecular flexibility index (Phi) is 4.23. The molecule has 0 radical (unpaired) electrons. The number of halogens is 1. The lowest BCUT2D eigenvalue weighted by molar-refractivity contribution is 0.100. The molecule has 0 aliphatic carbocycles. The van der Waals surface area contributed by atoms with Gasteiger partial charge in [0.05, 0.1) is 11.6 Å². The van der Waals surface area contributed by atoms with Crippen LogP contribution in [0.3, 0.4) is 0 Å². The van der Waals surface area contributed by atoms with Crippen molar-refractivity contribution in [1.29, 1.82) is 0 Å². The summed E-state index contributed by atoms with van der Waals surface area (Å²) in [5, 5.41) is 0.505. The van der Waals surface area contributed by atoms with Gasteiger partial charge in [0.1, 0.15) is 0 Å². The number of rotatable bonds is 4. The number of aryl methyl sites for hydroxylation is 1. The number of Topliss-reactive ketones (excluding diaryl/α,β-unsaturated/α-hetero) is 1. The van der Waals surface area contributed by atoms with Gasteiger partial charge in [-0.1, -0.05) is 41.9 Å². The van der Waals surface area contributed by atoms with Crippen molar-refractivity contribution >= 4 is 23.1 Å². The zero-order chi connectivity index (χ0) is 13.8. The number of benzene rings is 2. The number of likely N-dealkylation sites (N-methyl/N-ethyl adjacent to an activating group) is 1. The van der Waals surface area contributed by atoms with E-state index in [1.54, 1.807) is 12.1 Å². The third-order valence-electron chi connectivity index (χ3n) is 3.08. The predicted molar refractivity (Wildman–Crippen MR) is 80.2 cm³/mol. The van der Waals surface area contributed by atoms with Crippen molar-refractivity contribution in [1.82, 2.24) is 0 Å². The van der Waals surface area contributed by atoms with Gasteiger partial charge in [-0.3, -0.25) is 4.79 Å². The molecule has 0 bridgehead atoms. The summed E-state index contributed by atoms with van der Waals surface area (Å²) in [4.78, 5) is 14.2. The number of anilines is 1. The Morgan fingerprint density at radius 1 is 1.11 bits per heavy atom. The highest BCUT2D eigenvalue weighted by atomic mass is 35.5. The molecular formula is C16H16ClNO. The van der Waals surface area contributed by atoms with Gasteiger partial charge >= 0.3 is 0 Å². The minimum absolute atomic E-state index is 0.0244.